The third kappa shape index (κ3) is 2.73. The summed E-state index contributed by atoms with van der Waals surface area (Å²) in [4.78, 5) is 0. The minimum Gasteiger partial charge on any atom is -0.390 e. The van der Waals surface area contributed by atoms with Gasteiger partial charge in [0.15, 0.2) is 12.6 Å². The van der Waals surface area contributed by atoms with Crippen molar-refractivity contribution in [3.05, 3.63) is 36.0 Å². The number of allylic oxidation sites excluding steroid dienone is 4. The number of aliphatic hydroxyl groups is 2. The van der Waals surface area contributed by atoms with E-state index >= 15 is 0 Å². The van der Waals surface area contributed by atoms with Crippen molar-refractivity contribution in [2.24, 2.45) is 0 Å². The largest absolute Gasteiger partial charge is 0.390 e. The van der Waals surface area contributed by atoms with E-state index in [1.165, 1.54) is 5.57 Å². The van der Waals surface area contributed by atoms with Gasteiger partial charge in [-0.25, -0.2) is 0 Å². The van der Waals surface area contributed by atoms with Crippen molar-refractivity contribution in [3.8, 4) is 0 Å². The minimum absolute atomic E-state index is 0.174. The summed E-state index contributed by atoms with van der Waals surface area (Å²) < 4.78 is 16.8. The van der Waals surface area contributed by atoms with Crippen molar-refractivity contribution in [1.29, 1.82) is 0 Å². The van der Waals surface area contributed by atoms with Gasteiger partial charge in [-0.15, -0.1) is 0 Å². The minimum atomic E-state index is -0.943. The molecule has 3 unspecified atom stereocenters. The van der Waals surface area contributed by atoms with Gasteiger partial charge in [-0.05, 0) is 24.0 Å². The summed E-state index contributed by atoms with van der Waals surface area (Å²) in [5.41, 5.74) is 2.26. The molecule has 2 aliphatic heterocycles. The molecular formula is C15H20O5. The summed E-state index contributed by atoms with van der Waals surface area (Å²) in [6.07, 6.45) is 4.87. The molecule has 0 saturated carbocycles. The van der Waals surface area contributed by atoms with Crippen LogP contribution in [0.3, 0.4) is 0 Å². The SMILES string of the molecule is C=CC1=CC=C(C2OCC3O[C@H](O)CC(O)[C@@H]3O2)CC1. The molecule has 20 heavy (non-hydrogen) atoms. The standard InChI is InChI=1S/C15H20O5/c1-2-9-3-5-10(6-4-9)15-18-8-12-14(20-15)11(16)7-13(17)19-12/h2-3,5,11-17H,1,4,6-8H2/t11?,12?,13-,14-,15?/m0/s1. The second kappa shape index (κ2) is 5.79. The molecular weight excluding hydrogens is 260 g/mol. The Labute approximate surface area is 118 Å². The van der Waals surface area contributed by atoms with Crippen molar-refractivity contribution in [2.75, 3.05) is 6.61 Å². The van der Waals surface area contributed by atoms with Crippen molar-refractivity contribution in [3.63, 3.8) is 0 Å². The van der Waals surface area contributed by atoms with Crippen LogP contribution in [0.25, 0.3) is 0 Å². The van der Waals surface area contributed by atoms with E-state index in [1.54, 1.807) is 0 Å². The van der Waals surface area contributed by atoms with E-state index in [2.05, 4.69) is 6.58 Å². The maximum atomic E-state index is 10.0. The zero-order valence-electron chi connectivity index (χ0n) is 11.3. The average molecular weight is 280 g/mol. The van der Waals surface area contributed by atoms with Crippen LogP contribution in [0.4, 0.5) is 0 Å². The number of fused-ring (bicyclic) bond motifs is 1. The number of ether oxygens (including phenoxy) is 3. The van der Waals surface area contributed by atoms with Gasteiger partial charge in [-0.3, -0.25) is 0 Å². The Balaban J connectivity index is 1.68. The second-order valence-electron chi connectivity index (χ2n) is 5.39. The highest BCUT2D eigenvalue weighted by molar-refractivity contribution is 5.31. The highest BCUT2D eigenvalue weighted by Gasteiger charge is 2.43. The lowest BCUT2D eigenvalue weighted by atomic mass is 9.96. The lowest BCUT2D eigenvalue weighted by Crippen LogP contribution is -2.56. The molecule has 5 atom stereocenters. The van der Waals surface area contributed by atoms with E-state index in [-0.39, 0.29) is 6.42 Å². The monoisotopic (exact) mass is 280 g/mol. The van der Waals surface area contributed by atoms with E-state index in [0.717, 1.165) is 18.4 Å². The fraction of sp³-hybridized carbons (Fsp3) is 0.600. The Morgan fingerprint density at radius 1 is 1.20 bits per heavy atom. The predicted octanol–water partition coefficient (Wildman–Crippen LogP) is 1.03. The topological polar surface area (TPSA) is 68.2 Å². The average Bonchev–Trinajstić information content (AvgIpc) is 2.47. The highest BCUT2D eigenvalue weighted by Crippen LogP contribution is 2.32. The molecule has 110 valence electrons. The van der Waals surface area contributed by atoms with Crippen LogP contribution in [-0.2, 0) is 14.2 Å². The van der Waals surface area contributed by atoms with Crippen molar-refractivity contribution in [1.82, 2.24) is 0 Å². The summed E-state index contributed by atoms with van der Waals surface area (Å²) in [6.45, 7) is 4.08. The molecule has 0 aromatic heterocycles. The Bertz CT molecular complexity index is 442. The van der Waals surface area contributed by atoms with Gasteiger partial charge in [-0.2, -0.15) is 0 Å². The first-order chi connectivity index (χ1) is 9.67. The van der Waals surface area contributed by atoms with Crippen LogP contribution in [-0.4, -0.2) is 47.7 Å². The van der Waals surface area contributed by atoms with Gasteiger partial charge in [0.25, 0.3) is 0 Å². The summed E-state index contributed by atoms with van der Waals surface area (Å²) in [5, 5.41) is 19.5. The molecule has 2 fully saturated rings. The zero-order valence-corrected chi connectivity index (χ0v) is 11.3. The Kier molecular flexibility index (Phi) is 4.05. The third-order valence-electron chi connectivity index (χ3n) is 3.99. The first-order valence-electron chi connectivity index (χ1n) is 6.98. The predicted molar refractivity (Wildman–Crippen MR) is 71.7 cm³/mol. The third-order valence-corrected chi connectivity index (χ3v) is 3.99. The zero-order chi connectivity index (χ0) is 14.1. The fourth-order valence-electron chi connectivity index (χ4n) is 2.83. The van der Waals surface area contributed by atoms with Gasteiger partial charge in [0.05, 0.1) is 12.7 Å². The Morgan fingerprint density at radius 2 is 2.05 bits per heavy atom. The van der Waals surface area contributed by atoms with Crippen LogP contribution in [0.1, 0.15) is 19.3 Å². The van der Waals surface area contributed by atoms with E-state index in [0.29, 0.717) is 6.61 Å². The van der Waals surface area contributed by atoms with Gasteiger partial charge in [0, 0.05) is 6.42 Å². The molecule has 0 spiro atoms. The van der Waals surface area contributed by atoms with Crippen molar-refractivity contribution >= 4 is 0 Å². The van der Waals surface area contributed by atoms with Crippen LogP contribution in [0.2, 0.25) is 0 Å². The van der Waals surface area contributed by atoms with E-state index < -0.39 is 30.9 Å². The van der Waals surface area contributed by atoms with Crippen molar-refractivity contribution < 1.29 is 24.4 Å². The lowest BCUT2D eigenvalue weighted by molar-refractivity contribution is -0.320. The summed E-state index contributed by atoms with van der Waals surface area (Å²) in [5.74, 6) is 0. The van der Waals surface area contributed by atoms with Crippen molar-refractivity contribution in [2.45, 2.75) is 50.2 Å². The van der Waals surface area contributed by atoms with Crippen LogP contribution in [0.5, 0.6) is 0 Å². The molecule has 0 aromatic rings. The second-order valence-corrected chi connectivity index (χ2v) is 5.39. The molecule has 3 aliphatic rings. The smallest absolute Gasteiger partial charge is 0.180 e. The molecule has 0 aromatic carbocycles. The first kappa shape index (κ1) is 14.0. The normalized spacial score (nSPS) is 41.4. The van der Waals surface area contributed by atoms with Gasteiger partial charge in [0.1, 0.15) is 12.2 Å². The van der Waals surface area contributed by atoms with E-state index in [4.69, 9.17) is 14.2 Å². The molecule has 2 N–H and O–H groups in total. The highest BCUT2D eigenvalue weighted by atomic mass is 16.7. The first-order valence-corrected chi connectivity index (χ1v) is 6.98. The number of rotatable bonds is 2. The van der Waals surface area contributed by atoms with Crippen LogP contribution in [0, 0.1) is 0 Å². The molecule has 0 amide bonds. The lowest BCUT2D eigenvalue weighted by Gasteiger charge is -2.43. The fourth-order valence-corrected chi connectivity index (χ4v) is 2.83. The molecule has 5 nitrogen and oxygen atoms in total. The Hall–Kier alpha value is -0.980. The van der Waals surface area contributed by atoms with E-state index in [9.17, 15) is 10.2 Å². The van der Waals surface area contributed by atoms with Gasteiger partial charge >= 0.3 is 0 Å². The molecule has 2 heterocycles. The van der Waals surface area contributed by atoms with Gasteiger partial charge in [-0.1, -0.05) is 24.8 Å². The molecule has 3 rings (SSSR count). The van der Waals surface area contributed by atoms with E-state index in [1.807, 2.05) is 18.2 Å². The molecule has 1 aliphatic carbocycles. The Morgan fingerprint density at radius 3 is 2.75 bits per heavy atom. The van der Waals surface area contributed by atoms with Crippen LogP contribution in [0.15, 0.2) is 36.0 Å². The quantitative estimate of drug-likeness (QED) is 0.790. The summed E-state index contributed by atoms with van der Waals surface area (Å²) in [6, 6.07) is 0. The van der Waals surface area contributed by atoms with Gasteiger partial charge < -0.3 is 24.4 Å². The molecule has 0 bridgehead atoms. The number of hydrogen-bond acceptors (Lipinski definition) is 5. The van der Waals surface area contributed by atoms with Crippen LogP contribution >= 0.6 is 0 Å². The number of aliphatic hydroxyl groups excluding tert-OH is 2. The summed E-state index contributed by atoms with van der Waals surface area (Å²) in [7, 11) is 0. The summed E-state index contributed by atoms with van der Waals surface area (Å²) >= 11 is 0. The maximum Gasteiger partial charge on any atom is 0.180 e. The molecule has 5 heteroatoms. The van der Waals surface area contributed by atoms with Crippen LogP contribution < -0.4 is 0 Å². The maximum absolute atomic E-state index is 10.0. The molecule has 0 radical (unpaired) electrons. The number of hydrogen-bond donors (Lipinski definition) is 2. The molecule has 2 saturated heterocycles. The van der Waals surface area contributed by atoms with Gasteiger partial charge in [0.2, 0.25) is 0 Å².